The van der Waals surface area contributed by atoms with E-state index in [4.69, 9.17) is 0 Å². The smallest absolute Gasteiger partial charge is 0.165 e. The van der Waals surface area contributed by atoms with Crippen LogP contribution in [-0.2, 0) is 0 Å². The van der Waals surface area contributed by atoms with Crippen LogP contribution in [0.5, 0.6) is 0 Å². The predicted molar refractivity (Wildman–Crippen MR) is 59.1 cm³/mol. The molecule has 1 aromatic heterocycles. The van der Waals surface area contributed by atoms with Crippen LogP contribution in [0.1, 0.15) is 11.6 Å². The van der Waals surface area contributed by atoms with Gasteiger partial charge in [-0.05, 0) is 12.1 Å². The van der Waals surface area contributed by atoms with E-state index in [9.17, 15) is 4.39 Å². The normalized spacial score (nSPS) is 16.1. The van der Waals surface area contributed by atoms with Crippen molar-refractivity contribution in [3.05, 3.63) is 48.0 Å². The summed E-state index contributed by atoms with van der Waals surface area (Å²) >= 11 is 0. The van der Waals surface area contributed by atoms with Gasteiger partial charge < -0.3 is 5.32 Å². The summed E-state index contributed by atoms with van der Waals surface area (Å²) in [6.07, 6.45) is 1.45. The number of para-hydroxylation sites is 1. The number of halogens is 1. The first-order chi connectivity index (χ1) is 7.84. The average Bonchev–Trinajstić information content (AvgIpc) is 2.60. The molecule has 1 N–H and O–H groups in total. The zero-order valence-corrected chi connectivity index (χ0v) is 8.73. The van der Waals surface area contributed by atoms with Crippen LogP contribution >= 0.6 is 0 Å². The zero-order chi connectivity index (χ0) is 11.0. The van der Waals surface area contributed by atoms with E-state index in [-0.39, 0.29) is 11.7 Å². The van der Waals surface area contributed by atoms with Gasteiger partial charge in [0.2, 0.25) is 0 Å². The minimum absolute atomic E-state index is 0.213. The summed E-state index contributed by atoms with van der Waals surface area (Å²) in [6.45, 7) is 1.64. The van der Waals surface area contributed by atoms with Gasteiger partial charge in [0, 0.05) is 19.0 Å². The van der Waals surface area contributed by atoms with Crippen LogP contribution in [0.15, 0.2) is 36.5 Å². The summed E-state index contributed by atoms with van der Waals surface area (Å²) in [5.74, 6) is 0.0142. The molecule has 16 heavy (non-hydrogen) atoms. The second-order valence-electron chi connectivity index (χ2n) is 4.00. The summed E-state index contributed by atoms with van der Waals surface area (Å²) in [4.78, 5) is 0. The lowest BCUT2D eigenvalue weighted by Crippen LogP contribution is -2.40. The highest BCUT2D eigenvalue weighted by molar-refractivity contribution is 5.31. The summed E-state index contributed by atoms with van der Waals surface area (Å²) in [7, 11) is 0. The Balaban J connectivity index is 1.97. The van der Waals surface area contributed by atoms with E-state index >= 15 is 0 Å². The van der Waals surface area contributed by atoms with Crippen LogP contribution in [0, 0.1) is 5.82 Å². The van der Waals surface area contributed by atoms with Crippen molar-refractivity contribution in [3.63, 3.8) is 0 Å². The van der Waals surface area contributed by atoms with Gasteiger partial charge in [-0.15, -0.1) is 0 Å². The SMILES string of the molecule is Fc1cn(-c2ccccc2)nc1C1CNC1. The Bertz CT molecular complexity index is 488. The molecule has 0 unspecified atom stereocenters. The third-order valence-corrected chi connectivity index (χ3v) is 2.88. The molecule has 2 aromatic rings. The third-order valence-electron chi connectivity index (χ3n) is 2.88. The van der Waals surface area contributed by atoms with Crippen molar-refractivity contribution in [3.8, 4) is 5.69 Å². The highest BCUT2D eigenvalue weighted by Crippen LogP contribution is 2.22. The fourth-order valence-electron chi connectivity index (χ4n) is 1.84. The van der Waals surface area contributed by atoms with Crippen LogP contribution < -0.4 is 5.32 Å². The molecule has 2 heterocycles. The fraction of sp³-hybridized carbons (Fsp3) is 0.250. The van der Waals surface area contributed by atoms with E-state index in [1.807, 2.05) is 30.3 Å². The van der Waals surface area contributed by atoms with Crippen molar-refractivity contribution in [1.29, 1.82) is 0 Å². The standard InChI is InChI=1S/C12H12FN3/c13-11-8-16(10-4-2-1-3-5-10)15-12(11)9-6-14-7-9/h1-5,8-9,14H,6-7H2. The first-order valence-corrected chi connectivity index (χ1v) is 5.36. The molecule has 0 bridgehead atoms. The van der Waals surface area contributed by atoms with E-state index in [0.717, 1.165) is 18.8 Å². The first-order valence-electron chi connectivity index (χ1n) is 5.36. The highest BCUT2D eigenvalue weighted by atomic mass is 19.1. The Hall–Kier alpha value is -1.68. The predicted octanol–water partition coefficient (Wildman–Crippen LogP) is 1.70. The van der Waals surface area contributed by atoms with E-state index in [1.54, 1.807) is 4.68 Å². The molecule has 0 saturated carbocycles. The van der Waals surface area contributed by atoms with Crippen LogP contribution in [0.25, 0.3) is 5.69 Å². The van der Waals surface area contributed by atoms with Crippen LogP contribution in [0.4, 0.5) is 4.39 Å². The first kappa shape index (κ1) is 9.54. The summed E-state index contributed by atoms with van der Waals surface area (Å²) in [5.41, 5.74) is 1.46. The van der Waals surface area contributed by atoms with Crippen molar-refractivity contribution in [2.24, 2.45) is 0 Å². The molecule has 0 radical (unpaired) electrons. The Labute approximate surface area is 92.9 Å². The maximum Gasteiger partial charge on any atom is 0.165 e. The fourth-order valence-corrected chi connectivity index (χ4v) is 1.84. The molecule has 0 spiro atoms. The molecule has 1 aliphatic heterocycles. The quantitative estimate of drug-likeness (QED) is 0.829. The van der Waals surface area contributed by atoms with Crippen molar-refractivity contribution in [1.82, 2.24) is 15.1 Å². The summed E-state index contributed by atoms with van der Waals surface area (Å²) in [6, 6.07) is 9.59. The van der Waals surface area contributed by atoms with Crippen LogP contribution in [0.2, 0.25) is 0 Å². The third kappa shape index (κ3) is 1.51. The van der Waals surface area contributed by atoms with Gasteiger partial charge in [0.1, 0.15) is 5.69 Å². The van der Waals surface area contributed by atoms with Gasteiger partial charge in [0.15, 0.2) is 5.82 Å². The second-order valence-corrected chi connectivity index (χ2v) is 4.00. The van der Waals surface area contributed by atoms with Gasteiger partial charge in [-0.25, -0.2) is 9.07 Å². The van der Waals surface area contributed by atoms with Gasteiger partial charge in [0.25, 0.3) is 0 Å². The van der Waals surface area contributed by atoms with E-state index < -0.39 is 0 Å². The number of nitrogens with one attached hydrogen (secondary N) is 1. The Morgan fingerprint density at radius 2 is 2.00 bits per heavy atom. The Morgan fingerprint density at radius 3 is 2.62 bits per heavy atom. The largest absolute Gasteiger partial charge is 0.315 e. The highest BCUT2D eigenvalue weighted by Gasteiger charge is 2.25. The lowest BCUT2D eigenvalue weighted by atomic mass is 10.00. The number of aromatic nitrogens is 2. The maximum atomic E-state index is 13.7. The van der Waals surface area contributed by atoms with Gasteiger partial charge in [-0.1, -0.05) is 18.2 Å². The Kier molecular flexibility index (Phi) is 2.22. The molecule has 3 nitrogen and oxygen atoms in total. The lowest BCUT2D eigenvalue weighted by molar-refractivity contribution is 0.422. The monoisotopic (exact) mass is 217 g/mol. The number of benzene rings is 1. The molecule has 1 saturated heterocycles. The van der Waals surface area contributed by atoms with E-state index in [1.165, 1.54) is 6.20 Å². The number of hydrogen-bond acceptors (Lipinski definition) is 2. The van der Waals surface area contributed by atoms with Gasteiger partial charge in [-0.3, -0.25) is 0 Å². The average molecular weight is 217 g/mol. The van der Waals surface area contributed by atoms with Crippen molar-refractivity contribution >= 4 is 0 Å². The van der Waals surface area contributed by atoms with Crippen LogP contribution in [-0.4, -0.2) is 22.9 Å². The van der Waals surface area contributed by atoms with Gasteiger partial charge >= 0.3 is 0 Å². The molecular weight excluding hydrogens is 205 g/mol. The summed E-state index contributed by atoms with van der Waals surface area (Å²) in [5, 5.41) is 7.42. The molecule has 4 heteroatoms. The molecule has 0 atom stereocenters. The topological polar surface area (TPSA) is 29.9 Å². The minimum Gasteiger partial charge on any atom is -0.315 e. The van der Waals surface area contributed by atoms with Crippen molar-refractivity contribution in [2.75, 3.05) is 13.1 Å². The molecule has 3 rings (SSSR count). The van der Waals surface area contributed by atoms with Gasteiger partial charge in [-0.2, -0.15) is 5.10 Å². The molecule has 1 fully saturated rings. The van der Waals surface area contributed by atoms with Gasteiger partial charge in [0.05, 0.1) is 11.9 Å². The van der Waals surface area contributed by atoms with E-state index in [0.29, 0.717) is 5.69 Å². The number of nitrogens with zero attached hydrogens (tertiary/aromatic N) is 2. The molecule has 1 aliphatic rings. The lowest BCUT2D eigenvalue weighted by Gasteiger charge is -2.25. The number of hydrogen-bond donors (Lipinski definition) is 1. The molecule has 0 aliphatic carbocycles. The van der Waals surface area contributed by atoms with E-state index in [2.05, 4.69) is 10.4 Å². The summed E-state index contributed by atoms with van der Waals surface area (Å²) < 4.78 is 15.3. The molecule has 1 aromatic carbocycles. The van der Waals surface area contributed by atoms with Crippen LogP contribution in [0.3, 0.4) is 0 Å². The van der Waals surface area contributed by atoms with Crippen molar-refractivity contribution in [2.45, 2.75) is 5.92 Å². The zero-order valence-electron chi connectivity index (χ0n) is 8.73. The molecule has 82 valence electrons. The molecule has 0 amide bonds. The Morgan fingerprint density at radius 1 is 1.25 bits per heavy atom. The maximum absolute atomic E-state index is 13.7. The van der Waals surface area contributed by atoms with Crippen molar-refractivity contribution < 1.29 is 4.39 Å². The molecular formula is C12H12FN3. The second kappa shape index (κ2) is 3.72. The minimum atomic E-state index is -0.213. The number of rotatable bonds is 2.